The van der Waals surface area contributed by atoms with Gasteiger partial charge in [0.1, 0.15) is 0 Å². The highest BCUT2D eigenvalue weighted by Gasteiger charge is 2.39. The first kappa shape index (κ1) is 20.8. The Morgan fingerprint density at radius 1 is 1.04 bits per heavy atom. The van der Waals surface area contributed by atoms with Gasteiger partial charge in [0, 0.05) is 31.5 Å². The average Bonchev–Trinajstić information content (AvgIpc) is 3.35. The predicted octanol–water partition coefficient (Wildman–Crippen LogP) is 0.0270. The molecule has 10 heteroatoms. The third-order valence-corrected chi connectivity index (χ3v) is 7.41. The van der Waals surface area contributed by atoms with Crippen LogP contribution in [0.1, 0.15) is 51.4 Å². The topological polar surface area (TPSA) is 118 Å². The lowest BCUT2D eigenvalue weighted by Crippen LogP contribution is -2.48. The van der Waals surface area contributed by atoms with Gasteiger partial charge in [-0.25, -0.2) is 8.42 Å². The molecule has 0 spiro atoms. The monoisotopic (exact) mass is 414 g/mol. The van der Waals surface area contributed by atoms with Gasteiger partial charge >= 0.3 is 5.97 Å². The lowest BCUT2D eigenvalue weighted by Gasteiger charge is -2.33. The molecule has 1 saturated carbocycles. The normalized spacial score (nSPS) is 24.7. The van der Waals surface area contributed by atoms with Crippen molar-refractivity contribution in [2.24, 2.45) is 0 Å². The van der Waals surface area contributed by atoms with E-state index < -0.39 is 22.4 Å². The van der Waals surface area contributed by atoms with Crippen LogP contribution < -0.4 is 0 Å². The molecule has 0 bridgehead atoms. The first-order valence-electron chi connectivity index (χ1n) is 9.77. The van der Waals surface area contributed by atoms with E-state index >= 15 is 0 Å². The zero-order chi connectivity index (χ0) is 20.3. The zero-order valence-electron chi connectivity index (χ0n) is 15.8. The van der Waals surface area contributed by atoms with Gasteiger partial charge in [-0.3, -0.25) is 24.1 Å². The van der Waals surface area contributed by atoms with E-state index in [2.05, 4.69) is 0 Å². The molecule has 1 unspecified atom stereocenters. The summed E-state index contributed by atoms with van der Waals surface area (Å²) < 4.78 is 28.7. The third kappa shape index (κ3) is 4.89. The minimum absolute atomic E-state index is 0.00987. The maximum absolute atomic E-state index is 12.7. The summed E-state index contributed by atoms with van der Waals surface area (Å²) in [4.78, 5) is 50.4. The molecular formula is C18H26N2O7S. The molecule has 2 saturated heterocycles. The Labute approximate surface area is 164 Å². The van der Waals surface area contributed by atoms with Crippen LogP contribution in [0.5, 0.6) is 0 Å². The van der Waals surface area contributed by atoms with Crippen molar-refractivity contribution in [2.45, 2.75) is 63.5 Å². The molecule has 28 heavy (non-hydrogen) atoms. The number of carbonyl (C=O) groups is 4. The van der Waals surface area contributed by atoms with E-state index in [9.17, 15) is 27.6 Å². The molecule has 1 atom stereocenters. The molecular weight excluding hydrogens is 388 g/mol. The first-order valence-corrected chi connectivity index (χ1v) is 11.6. The van der Waals surface area contributed by atoms with Crippen LogP contribution in [-0.4, -0.2) is 78.6 Å². The average molecular weight is 414 g/mol. The lowest BCUT2D eigenvalue weighted by molar-refractivity contribution is -0.154. The van der Waals surface area contributed by atoms with E-state index in [1.165, 1.54) is 0 Å². The van der Waals surface area contributed by atoms with Crippen molar-refractivity contribution in [2.75, 3.05) is 24.7 Å². The number of hydrogen-bond acceptors (Lipinski definition) is 7. The van der Waals surface area contributed by atoms with Gasteiger partial charge in [-0.1, -0.05) is 12.8 Å². The van der Waals surface area contributed by atoms with Crippen molar-refractivity contribution in [1.82, 2.24) is 9.80 Å². The Hall–Kier alpha value is -1.97. The number of esters is 1. The Balaban J connectivity index is 1.52. The van der Waals surface area contributed by atoms with Crippen LogP contribution in [0.3, 0.4) is 0 Å². The Morgan fingerprint density at radius 3 is 2.25 bits per heavy atom. The van der Waals surface area contributed by atoms with Gasteiger partial charge < -0.3 is 9.64 Å². The van der Waals surface area contributed by atoms with Crippen molar-refractivity contribution in [1.29, 1.82) is 0 Å². The highest BCUT2D eigenvalue weighted by atomic mass is 32.2. The molecule has 3 rings (SSSR count). The largest absolute Gasteiger partial charge is 0.456 e. The second-order valence-electron chi connectivity index (χ2n) is 7.65. The molecule has 3 amide bonds. The van der Waals surface area contributed by atoms with Gasteiger partial charge in [0.2, 0.25) is 11.8 Å². The van der Waals surface area contributed by atoms with Crippen molar-refractivity contribution >= 4 is 33.5 Å². The van der Waals surface area contributed by atoms with E-state index in [-0.39, 0.29) is 67.1 Å². The SMILES string of the molecule is O=C(CCN1C(=O)CCC1=O)OCC(=O)N(C1CCCC1)C1CCS(=O)(=O)C1. The lowest BCUT2D eigenvalue weighted by atomic mass is 10.1. The maximum Gasteiger partial charge on any atom is 0.308 e. The van der Waals surface area contributed by atoms with E-state index in [4.69, 9.17) is 4.74 Å². The molecule has 2 aliphatic heterocycles. The summed E-state index contributed by atoms with van der Waals surface area (Å²) in [5.41, 5.74) is 0. The summed E-state index contributed by atoms with van der Waals surface area (Å²) >= 11 is 0. The first-order chi connectivity index (χ1) is 13.3. The van der Waals surface area contributed by atoms with Gasteiger partial charge in [-0.15, -0.1) is 0 Å². The quantitative estimate of drug-likeness (QED) is 0.426. The number of carbonyl (C=O) groups excluding carboxylic acids is 4. The molecule has 1 aliphatic carbocycles. The third-order valence-electron chi connectivity index (χ3n) is 5.66. The molecule has 3 aliphatic rings. The summed E-state index contributed by atoms with van der Waals surface area (Å²) in [7, 11) is -3.13. The van der Waals surface area contributed by atoms with Crippen LogP contribution in [0.15, 0.2) is 0 Å². The van der Waals surface area contributed by atoms with Crippen LogP contribution in [-0.2, 0) is 33.8 Å². The molecule has 0 radical (unpaired) electrons. The van der Waals surface area contributed by atoms with E-state index in [0.29, 0.717) is 6.42 Å². The van der Waals surface area contributed by atoms with Gasteiger partial charge in [0.25, 0.3) is 5.91 Å². The number of nitrogens with zero attached hydrogens (tertiary/aromatic N) is 2. The van der Waals surface area contributed by atoms with Crippen LogP contribution in [0.2, 0.25) is 0 Å². The van der Waals surface area contributed by atoms with Crippen LogP contribution in [0.4, 0.5) is 0 Å². The fraction of sp³-hybridized carbons (Fsp3) is 0.778. The van der Waals surface area contributed by atoms with Gasteiger partial charge in [0.15, 0.2) is 16.4 Å². The molecule has 0 aromatic heterocycles. The summed E-state index contributed by atoms with van der Waals surface area (Å²) in [5.74, 6) is -1.61. The van der Waals surface area contributed by atoms with Crippen molar-refractivity contribution in [3.8, 4) is 0 Å². The molecule has 0 aromatic rings. The van der Waals surface area contributed by atoms with Crippen molar-refractivity contribution in [3.05, 3.63) is 0 Å². The summed E-state index contributed by atoms with van der Waals surface area (Å²) in [5, 5.41) is 0. The van der Waals surface area contributed by atoms with Crippen LogP contribution in [0, 0.1) is 0 Å². The number of likely N-dealkylation sites (tertiary alicyclic amines) is 1. The minimum Gasteiger partial charge on any atom is -0.456 e. The highest BCUT2D eigenvalue weighted by Crippen LogP contribution is 2.29. The summed E-state index contributed by atoms with van der Waals surface area (Å²) in [6, 6.07) is -0.372. The number of amides is 3. The molecule has 9 nitrogen and oxygen atoms in total. The zero-order valence-corrected chi connectivity index (χ0v) is 16.6. The number of ether oxygens (including phenoxy) is 1. The number of sulfone groups is 1. The number of hydrogen-bond donors (Lipinski definition) is 0. The second-order valence-corrected chi connectivity index (χ2v) is 9.87. The van der Waals surface area contributed by atoms with E-state index in [1.54, 1.807) is 4.90 Å². The fourth-order valence-electron chi connectivity index (χ4n) is 4.25. The Kier molecular flexibility index (Phi) is 6.36. The highest BCUT2D eigenvalue weighted by molar-refractivity contribution is 7.91. The Morgan fingerprint density at radius 2 is 1.68 bits per heavy atom. The van der Waals surface area contributed by atoms with E-state index in [0.717, 1.165) is 30.6 Å². The molecule has 2 heterocycles. The number of rotatable bonds is 7. The second kappa shape index (κ2) is 8.59. The number of imide groups is 1. The van der Waals surface area contributed by atoms with Crippen molar-refractivity contribution in [3.63, 3.8) is 0 Å². The smallest absolute Gasteiger partial charge is 0.308 e. The maximum atomic E-state index is 12.7. The molecule has 156 valence electrons. The summed E-state index contributed by atoms with van der Waals surface area (Å²) in [6.45, 7) is -0.494. The van der Waals surface area contributed by atoms with Gasteiger partial charge in [-0.2, -0.15) is 0 Å². The molecule has 0 N–H and O–H groups in total. The van der Waals surface area contributed by atoms with E-state index in [1.807, 2.05) is 0 Å². The fourth-order valence-corrected chi connectivity index (χ4v) is 5.96. The minimum atomic E-state index is -3.13. The predicted molar refractivity (Wildman–Crippen MR) is 97.7 cm³/mol. The molecule has 0 aromatic carbocycles. The standard InChI is InChI=1S/C18H26N2O7S/c21-15-5-6-16(22)19(15)9-7-18(24)27-11-17(23)20(13-3-1-2-4-13)14-8-10-28(25,26)12-14/h13-14H,1-12H2. The van der Waals surface area contributed by atoms with Gasteiger partial charge in [0.05, 0.1) is 17.9 Å². The van der Waals surface area contributed by atoms with Crippen molar-refractivity contribution < 1.29 is 32.3 Å². The Bertz CT molecular complexity index is 742. The van der Waals surface area contributed by atoms with Gasteiger partial charge in [-0.05, 0) is 19.3 Å². The molecule has 3 fully saturated rings. The van der Waals surface area contributed by atoms with Crippen LogP contribution in [0.25, 0.3) is 0 Å². The summed E-state index contributed by atoms with van der Waals surface area (Å²) in [6.07, 6.45) is 4.21. The van der Waals surface area contributed by atoms with Crippen LogP contribution >= 0.6 is 0 Å².